The van der Waals surface area contributed by atoms with E-state index in [-0.39, 0.29) is 5.54 Å². The number of nitrogens with zero attached hydrogens (tertiary/aromatic N) is 3. The van der Waals surface area contributed by atoms with Gasteiger partial charge in [0.1, 0.15) is 12.1 Å². The molecule has 0 unspecified atom stereocenters. The summed E-state index contributed by atoms with van der Waals surface area (Å²) in [6.45, 7) is 6.38. The zero-order valence-corrected chi connectivity index (χ0v) is 10.6. The van der Waals surface area contributed by atoms with Crippen LogP contribution in [-0.4, -0.2) is 21.9 Å². The summed E-state index contributed by atoms with van der Waals surface area (Å²) in [7, 11) is 1.66. The van der Waals surface area contributed by atoms with Gasteiger partial charge in [0.05, 0.1) is 7.11 Å². The van der Waals surface area contributed by atoms with Gasteiger partial charge in [0, 0.05) is 11.1 Å². The molecule has 0 fully saturated rings. The molecule has 4 nitrogen and oxygen atoms in total. The molecule has 0 saturated heterocycles. The third-order valence-corrected chi connectivity index (χ3v) is 2.60. The third-order valence-electron chi connectivity index (χ3n) is 2.60. The molecule has 4 heteroatoms. The van der Waals surface area contributed by atoms with Crippen LogP contribution in [0.25, 0.3) is 11.4 Å². The van der Waals surface area contributed by atoms with Crippen molar-refractivity contribution in [1.29, 1.82) is 0 Å². The highest BCUT2D eigenvalue weighted by Gasteiger charge is 2.18. The molecule has 1 heterocycles. The SMILES string of the molecule is COc1cccc(-c2nncn2C(C)(C)C)c1. The van der Waals surface area contributed by atoms with Crippen molar-refractivity contribution < 1.29 is 4.74 Å². The van der Waals surface area contributed by atoms with E-state index in [4.69, 9.17) is 4.74 Å². The summed E-state index contributed by atoms with van der Waals surface area (Å²) in [4.78, 5) is 0. The van der Waals surface area contributed by atoms with Gasteiger partial charge in [-0.1, -0.05) is 12.1 Å². The largest absolute Gasteiger partial charge is 0.497 e. The summed E-state index contributed by atoms with van der Waals surface area (Å²) >= 11 is 0. The Morgan fingerprint density at radius 1 is 1.24 bits per heavy atom. The summed E-state index contributed by atoms with van der Waals surface area (Å²) < 4.78 is 7.28. The van der Waals surface area contributed by atoms with Crippen LogP contribution in [0.15, 0.2) is 30.6 Å². The predicted molar refractivity (Wildman–Crippen MR) is 67.0 cm³/mol. The number of hydrogen-bond acceptors (Lipinski definition) is 3. The molecule has 0 aliphatic heterocycles. The van der Waals surface area contributed by atoms with Gasteiger partial charge in [-0.15, -0.1) is 10.2 Å². The Morgan fingerprint density at radius 2 is 2.00 bits per heavy atom. The molecule has 0 aliphatic carbocycles. The number of ether oxygens (including phenoxy) is 1. The van der Waals surface area contributed by atoms with Crippen LogP contribution in [0, 0.1) is 0 Å². The highest BCUT2D eigenvalue weighted by Crippen LogP contribution is 2.26. The van der Waals surface area contributed by atoms with Gasteiger partial charge in [-0.2, -0.15) is 0 Å². The maximum atomic E-state index is 5.22. The molecule has 0 atom stereocenters. The van der Waals surface area contributed by atoms with E-state index in [0.717, 1.165) is 17.1 Å². The number of rotatable bonds is 2. The molecular weight excluding hydrogens is 214 g/mol. The number of aromatic nitrogens is 3. The first-order chi connectivity index (χ1) is 8.02. The van der Waals surface area contributed by atoms with Crippen LogP contribution in [0.1, 0.15) is 20.8 Å². The lowest BCUT2D eigenvalue weighted by Crippen LogP contribution is -2.21. The van der Waals surface area contributed by atoms with Gasteiger partial charge < -0.3 is 9.30 Å². The molecule has 2 aromatic rings. The molecule has 90 valence electrons. The van der Waals surface area contributed by atoms with Gasteiger partial charge in [-0.3, -0.25) is 0 Å². The Hall–Kier alpha value is -1.84. The van der Waals surface area contributed by atoms with Crippen molar-refractivity contribution in [3.8, 4) is 17.1 Å². The second kappa shape index (κ2) is 4.20. The van der Waals surface area contributed by atoms with Crippen LogP contribution in [-0.2, 0) is 5.54 Å². The van der Waals surface area contributed by atoms with Crippen LogP contribution < -0.4 is 4.74 Å². The Morgan fingerprint density at radius 3 is 2.65 bits per heavy atom. The van der Waals surface area contributed by atoms with E-state index in [1.165, 1.54) is 0 Å². The Kier molecular flexibility index (Phi) is 2.88. The standard InChI is InChI=1S/C13H17N3O/c1-13(2,3)16-9-14-15-12(16)10-6-5-7-11(8-10)17-4/h5-9H,1-4H3. The van der Waals surface area contributed by atoms with E-state index in [9.17, 15) is 0 Å². The summed E-state index contributed by atoms with van der Waals surface area (Å²) in [5.74, 6) is 1.68. The van der Waals surface area contributed by atoms with E-state index in [1.807, 2.05) is 24.3 Å². The van der Waals surface area contributed by atoms with Gasteiger partial charge in [0.15, 0.2) is 5.82 Å². The van der Waals surface area contributed by atoms with Crippen molar-refractivity contribution in [3.63, 3.8) is 0 Å². The Labute approximate surface area is 101 Å². The summed E-state index contributed by atoms with van der Waals surface area (Å²) in [6.07, 6.45) is 1.76. The molecular formula is C13H17N3O. The van der Waals surface area contributed by atoms with Crippen LogP contribution in [0.3, 0.4) is 0 Å². The Bertz CT molecular complexity index is 511. The summed E-state index contributed by atoms with van der Waals surface area (Å²) in [6, 6.07) is 7.85. The maximum absolute atomic E-state index is 5.22. The number of benzene rings is 1. The summed E-state index contributed by atoms with van der Waals surface area (Å²) in [5.41, 5.74) is 0.971. The first-order valence-electron chi connectivity index (χ1n) is 5.57. The first-order valence-corrected chi connectivity index (χ1v) is 5.57. The molecule has 1 aromatic heterocycles. The minimum absolute atomic E-state index is 0.0398. The normalized spacial score (nSPS) is 11.5. The fourth-order valence-electron chi connectivity index (χ4n) is 1.68. The molecule has 0 radical (unpaired) electrons. The van der Waals surface area contributed by atoms with Gasteiger partial charge in [0.25, 0.3) is 0 Å². The average Bonchev–Trinajstić information content (AvgIpc) is 2.77. The molecule has 0 aliphatic rings. The van der Waals surface area contributed by atoms with Gasteiger partial charge in [-0.05, 0) is 32.9 Å². The molecule has 1 aromatic carbocycles. The molecule has 17 heavy (non-hydrogen) atoms. The van der Waals surface area contributed by atoms with Gasteiger partial charge >= 0.3 is 0 Å². The van der Waals surface area contributed by atoms with E-state index in [2.05, 4.69) is 35.5 Å². The number of hydrogen-bond donors (Lipinski definition) is 0. The first kappa shape index (κ1) is 11.6. The van der Waals surface area contributed by atoms with Crippen LogP contribution in [0.4, 0.5) is 0 Å². The molecule has 0 spiro atoms. The molecule has 0 saturated carbocycles. The maximum Gasteiger partial charge on any atom is 0.164 e. The van der Waals surface area contributed by atoms with E-state index < -0.39 is 0 Å². The fourth-order valence-corrected chi connectivity index (χ4v) is 1.68. The molecule has 2 rings (SSSR count). The van der Waals surface area contributed by atoms with Gasteiger partial charge in [-0.25, -0.2) is 0 Å². The Balaban J connectivity index is 2.50. The summed E-state index contributed by atoms with van der Waals surface area (Å²) in [5, 5.41) is 8.18. The van der Waals surface area contributed by atoms with Crippen molar-refractivity contribution in [1.82, 2.24) is 14.8 Å². The van der Waals surface area contributed by atoms with Crippen molar-refractivity contribution in [2.24, 2.45) is 0 Å². The fraction of sp³-hybridized carbons (Fsp3) is 0.385. The minimum Gasteiger partial charge on any atom is -0.497 e. The third kappa shape index (κ3) is 2.30. The van der Waals surface area contributed by atoms with Crippen molar-refractivity contribution >= 4 is 0 Å². The lowest BCUT2D eigenvalue weighted by Gasteiger charge is -2.22. The van der Waals surface area contributed by atoms with Crippen LogP contribution in [0.2, 0.25) is 0 Å². The lowest BCUT2D eigenvalue weighted by molar-refractivity contribution is 0.399. The molecule has 0 N–H and O–H groups in total. The van der Waals surface area contributed by atoms with Crippen molar-refractivity contribution in [3.05, 3.63) is 30.6 Å². The second-order valence-electron chi connectivity index (χ2n) is 4.93. The van der Waals surface area contributed by atoms with Gasteiger partial charge in [0.2, 0.25) is 0 Å². The minimum atomic E-state index is -0.0398. The molecule has 0 bridgehead atoms. The average molecular weight is 231 g/mol. The van der Waals surface area contributed by atoms with E-state index >= 15 is 0 Å². The highest BCUT2D eigenvalue weighted by molar-refractivity contribution is 5.57. The number of methoxy groups -OCH3 is 1. The van der Waals surface area contributed by atoms with Crippen LogP contribution in [0.5, 0.6) is 5.75 Å². The highest BCUT2D eigenvalue weighted by atomic mass is 16.5. The zero-order chi connectivity index (χ0) is 12.5. The van der Waals surface area contributed by atoms with Crippen LogP contribution >= 0.6 is 0 Å². The van der Waals surface area contributed by atoms with Crippen molar-refractivity contribution in [2.75, 3.05) is 7.11 Å². The van der Waals surface area contributed by atoms with Crippen molar-refractivity contribution in [2.45, 2.75) is 26.3 Å². The zero-order valence-electron chi connectivity index (χ0n) is 10.6. The smallest absolute Gasteiger partial charge is 0.164 e. The quantitative estimate of drug-likeness (QED) is 0.797. The topological polar surface area (TPSA) is 39.9 Å². The monoisotopic (exact) mass is 231 g/mol. The lowest BCUT2D eigenvalue weighted by atomic mass is 10.1. The van der Waals surface area contributed by atoms with E-state index in [0.29, 0.717) is 0 Å². The van der Waals surface area contributed by atoms with E-state index in [1.54, 1.807) is 13.4 Å². The predicted octanol–water partition coefficient (Wildman–Crippen LogP) is 2.71. The second-order valence-corrected chi connectivity index (χ2v) is 4.93. The molecule has 0 amide bonds.